The minimum atomic E-state index is -0.426. The average molecular weight is 343 g/mol. The summed E-state index contributed by atoms with van der Waals surface area (Å²) in [6.45, 7) is 2.72. The van der Waals surface area contributed by atoms with Crippen LogP contribution in [0.4, 0.5) is 15.8 Å². The molecule has 0 aromatic heterocycles. The van der Waals surface area contributed by atoms with Gasteiger partial charge in [0.15, 0.2) is 0 Å². The monoisotopic (exact) mass is 343 g/mol. The zero-order valence-electron chi connectivity index (χ0n) is 13.7. The van der Waals surface area contributed by atoms with Crippen LogP contribution in [0.3, 0.4) is 0 Å². The number of rotatable bonds is 5. The van der Waals surface area contributed by atoms with E-state index in [1.165, 1.54) is 18.2 Å². The van der Waals surface area contributed by atoms with Crippen molar-refractivity contribution < 1.29 is 14.1 Å². The number of anilines is 1. The first-order valence-corrected chi connectivity index (χ1v) is 7.99. The van der Waals surface area contributed by atoms with Crippen LogP contribution in [0.1, 0.15) is 17.5 Å². The molecule has 0 bridgehead atoms. The molecule has 0 spiro atoms. The number of nitrogens with one attached hydrogen (secondary N) is 1. The van der Waals surface area contributed by atoms with Crippen LogP contribution < -0.4 is 5.32 Å². The van der Waals surface area contributed by atoms with Crippen molar-refractivity contribution in [1.29, 1.82) is 0 Å². The lowest BCUT2D eigenvalue weighted by Gasteiger charge is -2.18. The molecular formula is C18H18FN3O3. The van der Waals surface area contributed by atoms with E-state index in [2.05, 4.69) is 5.32 Å². The molecule has 130 valence electrons. The van der Waals surface area contributed by atoms with Gasteiger partial charge in [-0.1, -0.05) is 12.1 Å². The number of hydrogen-bond acceptors (Lipinski definition) is 4. The molecule has 7 heteroatoms. The van der Waals surface area contributed by atoms with Gasteiger partial charge in [0, 0.05) is 30.4 Å². The van der Waals surface area contributed by atoms with E-state index in [-0.39, 0.29) is 23.5 Å². The number of hydrogen-bond donors (Lipinski definition) is 1. The Morgan fingerprint density at radius 1 is 1.28 bits per heavy atom. The van der Waals surface area contributed by atoms with Crippen LogP contribution in [0.15, 0.2) is 42.5 Å². The van der Waals surface area contributed by atoms with Crippen molar-refractivity contribution in [3.05, 3.63) is 69.5 Å². The molecule has 1 amide bonds. The minimum absolute atomic E-state index is 0.0275. The van der Waals surface area contributed by atoms with Gasteiger partial charge in [-0.05, 0) is 43.2 Å². The number of halogens is 1. The molecule has 2 aromatic rings. The number of nitrogens with zero attached hydrogens (tertiary/aromatic N) is 2. The van der Waals surface area contributed by atoms with Crippen molar-refractivity contribution in [3.63, 3.8) is 0 Å². The first-order valence-electron chi connectivity index (χ1n) is 7.99. The van der Waals surface area contributed by atoms with Crippen LogP contribution in [0.2, 0.25) is 0 Å². The molecule has 1 aliphatic heterocycles. The van der Waals surface area contributed by atoms with Gasteiger partial charge in [0.05, 0.1) is 4.92 Å². The van der Waals surface area contributed by atoms with E-state index >= 15 is 0 Å². The number of nitro benzene ring substituents is 1. The van der Waals surface area contributed by atoms with E-state index in [4.69, 9.17) is 0 Å². The van der Waals surface area contributed by atoms with Gasteiger partial charge in [-0.2, -0.15) is 0 Å². The second-order valence-corrected chi connectivity index (χ2v) is 6.13. The van der Waals surface area contributed by atoms with Gasteiger partial charge in [0.1, 0.15) is 11.9 Å². The lowest BCUT2D eigenvalue weighted by Crippen LogP contribution is -2.33. The number of benzene rings is 2. The number of carbonyl (C=O) groups is 1. The van der Waals surface area contributed by atoms with Gasteiger partial charge in [-0.15, -0.1) is 0 Å². The van der Waals surface area contributed by atoms with Crippen LogP contribution in [0, 0.1) is 22.9 Å². The third-order valence-electron chi connectivity index (χ3n) is 4.32. The molecule has 1 heterocycles. The summed E-state index contributed by atoms with van der Waals surface area (Å²) in [7, 11) is 0. The Bertz CT molecular complexity index is 808. The minimum Gasteiger partial charge on any atom is -0.374 e. The molecule has 0 saturated carbocycles. The second kappa shape index (κ2) is 6.88. The Balaban J connectivity index is 1.65. The van der Waals surface area contributed by atoms with Gasteiger partial charge >= 0.3 is 0 Å². The number of likely N-dealkylation sites (tertiary alicyclic amines) is 1. The van der Waals surface area contributed by atoms with Crippen LogP contribution in [-0.2, 0) is 11.3 Å². The maximum Gasteiger partial charge on any atom is 0.272 e. The van der Waals surface area contributed by atoms with Gasteiger partial charge < -0.3 is 10.2 Å². The van der Waals surface area contributed by atoms with Crippen molar-refractivity contribution in [2.75, 3.05) is 11.9 Å². The third-order valence-corrected chi connectivity index (χ3v) is 4.32. The first kappa shape index (κ1) is 16.9. The summed E-state index contributed by atoms with van der Waals surface area (Å²) in [6.07, 6.45) is 0.649. The van der Waals surface area contributed by atoms with Crippen molar-refractivity contribution in [1.82, 2.24) is 4.90 Å². The molecule has 0 aliphatic carbocycles. The lowest BCUT2D eigenvalue weighted by molar-refractivity contribution is -0.385. The van der Waals surface area contributed by atoms with Gasteiger partial charge in [-0.3, -0.25) is 14.9 Å². The van der Waals surface area contributed by atoms with E-state index in [1.807, 2.05) is 0 Å². The molecule has 1 saturated heterocycles. The summed E-state index contributed by atoms with van der Waals surface area (Å²) in [5.74, 6) is -0.329. The third kappa shape index (κ3) is 3.76. The van der Waals surface area contributed by atoms with E-state index in [9.17, 15) is 19.3 Å². The smallest absolute Gasteiger partial charge is 0.272 e. The lowest BCUT2D eigenvalue weighted by atomic mass is 10.1. The van der Waals surface area contributed by atoms with Crippen LogP contribution in [0.25, 0.3) is 0 Å². The maximum absolute atomic E-state index is 13.0. The molecule has 1 fully saturated rings. The predicted octanol–water partition coefficient (Wildman–Crippen LogP) is 3.26. The highest BCUT2D eigenvalue weighted by Crippen LogP contribution is 2.24. The van der Waals surface area contributed by atoms with E-state index < -0.39 is 4.92 Å². The van der Waals surface area contributed by atoms with Gasteiger partial charge in [0.2, 0.25) is 5.91 Å². The molecule has 2 aromatic carbocycles. The summed E-state index contributed by atoms with van der Waals surface area (Å²) in [6, 6.07) is 10.5. The number of nitro groups is 1. The molecule has 25 heavy (non-hydrogen) atoms. The van der Waals surface area contributed by atoms with Crippen molar-refractivity contribution in [3.8, 4) is 0 Å². The molecule has 1 aliphatic rings. The van der Waals surface area contributed by atoms with Crippen molar-refractivity contribution in [2.24, 2.45) is 0 Å². The van der Waals surface area contributed by atoms with E-state index in [0.29, 0.717) is 30.8 Å². The Labute approximate surface area is 144 Å². The quantitative estimate of drug-likeness (QED) is 0.668. The number of carbonyl (C=O) groups excluding carboxylic acids is 1. The Kier molecular flexibility index (Phi) is 4.65. The van der Waals surface area contributed by atoms with Crippen LogP contribution in [0.5, 0.6) is 0 Å². The maximum atomic E-state index is 13.0. The predicted molar refractivity (Wildman–Crippen MR) is 91.7 cm³/mol. The Morgan fingerprint density at radius 2 is 2.00 bits per heavy atom. The van der Waals surface area contributed by atoms with E-state index in [0.717, 1.165) is 5.56 Å². The Hall–Kier alpha value is -2.96. The summed E-state index contributed by atoms with van der Waals surface area (Å²) in [5, 5.41) is 14.0. The molecular weight excluding hydrogens is 325 g/mol. The normalized spacial score (nSPS) is 17.0. The van der Waals surface area contributed by atoms with Crippen LogP contribution in [-0.4, -0.2) is 28.3 Å². The summed E-state index contributed by atoms with van der Waals surface area (Å²) >= 11 is 0. The van der Waals surface area contributed by atoms with E-state index in [1.54, 1.807) is 36.1 Å². The fraction of sp³-hybridized carbons (Fsp3) is 0.278. The number of amides is 1. The van der Waals surface area contributed by atoms with Gasteiger partial charge in [-0.25, -0.2) is 4.39 Å². The largest absolute Gasteiger partial charge is 0.374 e. The summed E-state index contributed by atoms with van der Waals surface area (Å²) < 4.78 is 13.0. The van der Waals surface area contributed by atoms with Crippen LogP contribution >= 0.6 is 0 Å². The fourth-order valence-electron chi connectivity index (χ4n) is 2.99. The highest BCUT2D eigenvalue weighted by Gasteiger charge is 2.31. The Morgan fingerprint density at radius 3 is 2.64 bits per heavy atom. The SMILES string of the molecule is Cc1cc(NC2CCN(Cc3ccc(F)cc3)C2=O)ccc1[N+](=O)[O-]. The van der Waals surface area contributed by atoms with Crippen molar-refractivity contribution >= 4 is 17.3 Å². The zero-order valence-corrected chi connectivity index (χ0v) is 13.7. The zero-order chi connectivity index (χ0) is 18.0. The van der Waals surface area contributed by atoms with Crippen molar-refractivity contribution in [2.45, 2.75) is 25.9 Å². The summed E-state index contributed by atoms with van der Waals surface area (Å²) in [4.78, 5) is 24.7. The topological polar surface area (TPSA) is 75.5 Å². The molecule has 1 atom stereocenters. The highest BCUT2D eigenvalue weighted by atomic mass is 19.1. The molecule has 1 N–H and O–H groups in total. The van der Waals surface area contributed by atoms with Gasteiger partial charge in [0.25, 0.3) is 5.69 Å². The second-order valence-electron chi connectivity index (χ2n) is 6.13. The molecule has 3 rings (SSSR count). The molecule has 6 nitrogen and oxygen atoms in total. The standard InChI is InChI=1S/C18H18FN3O3/c1-12-10-15(6-7-17(12)22(24)25)20-16-8-9-21(18(16)23)11-13-2-4-14(19)5-3-13/h2-7,10,16,20H,8-9,11H2,1H3. The first-order chi connectivity index (χ1) is 11.9. The molecule has 1 unspecified atom stereocenters. The summed E-state index contributed by atoms with van der Waals surface area (Å²) in [5.41, 5.74) is 2.16. The highest BCUT2D eigenvalue weighted by molar-refractivity contribution is 5.86. The fourth-order valence-corrected chi connectivity index (χ4v) is 2.99. The average Bonchev–Trinajstić information content (AvgIpc) is 2.90. The number of aryl methyl sites for hydroxylation is 1. The molecule has 0 radical (unpaired) electrons.